The lowest BCUT2D eigenvalue weighted by atomic mass is 10.1. The van der Waals surface area contributed by atoms with E-state index in [2.05, 4.69) is 24.1 Å². The maximum atomic E-state index is 12.1. The van der Waals surface area contributed by atoms with Crippen molar-refractivity contribution in [2.24, 2.45) is 0 Å². The second kappa shape index (κ2) is 4.74. The summed E-state index contributed by atoms with van der Waals surface area (Å²) in [5, 5.41) is 3.37. The average molecular weight is 228 g/mol. The summed E-state index contributed by atoms with van der Waals surface area (Å²) in [6.45, 7) is 4.17. The second-order valence-electron chi connectivity index (χ2n) is 4.42. The molecule has 0 aromatic heterocycles. The third-order valence-corrected chi connectivity index (χ3v) is 4.55. The fourth-order valence-corrected chi connectivity index (χ4v) is 3.68. The van der Waals surface area contributed by atoms with Crippen molar-refractivity contribution in [1.29, 1.82) is 0 Å². The Kier molecular flexibility index (Phi) is 3.57. The van der Waals surface area contributed by atoms with Crippen molar-refractivity contribution in [3.8, 4) is 0 Å². The molecule has 0 aromatic carbocycles. The van der Waals surface area contributed by atoms with Crippen molar-refractivity contribution in [3.05, 3.63) is 0 Å². The minimum absolute atomic E-state index is 0.0620. The summed E-state index contributed by atoms with van der Waals surface area (Å²) in [5.41, 5.74) is 0. The van der Waals surface area contributed by atoms with E-state index >= 15 is 0 Å². The Balaban J connectivity index is 2.04. The van der Waals surface area contributed by atoms with Gasteiger partial charge in [0.05, 0.1) is 12.2 Å². The molecule has 3 unspecified atom stereocenters. The largest absolute Gasteiger partial charge is 0.322 e. The molecule has 3 nitrogen and oxygen atoms in total. The van der Waals surface area contributed by atoms with Gasteiger partial charge in [0, 0.05) is 11.8 Å². The highest BCUT2D eigenvalue weighted by atomic mass is 32.2. The molecule has 1 amide bonds. The van der Waals surface area contributed by atoms with Crippen molar-refractivity contribution in [1.82, 2.24) is 10.2 Å². The molecule has 2 heterocycles. The Labute approximate surface area is 96.0 Å². The molecule has 86 valence electrons. The van der Waals surface area contributed by atoms with Crippen molar-refractivity contribution in [3.63, 3.8) is 0 Å². The fraction of sp³-hybridized carbons (Fsp3) is 0.909. The number of nitrogens with zero attached hydrogens (tertiary/aromatic N) is 1. The summed E-state index contributed by atoms with van der Waals surface area (Å²) in [7, 11) is 0. The van der Waals surface area contributed by atoms with Crippen LogP contribution >= 0.6 is 11.8 Å². The van der Waals surface area contributed by atoms with Gasteiger partial charge in [-0.15, -0.1) is 0 Å². The Hall–Kier alpha value is -0.220. The Bertz CT molecular complexity index is 241. The molecular formula is C11H20N2OS. The summed E-state index contributed by atoms with van der Waals surface area (Å²) in [6.07, 6.45) is 3.56. The zero-order chi connectivity index (χ0) is 10.8. The predicted molar refractivity (Wildman–Crippen MR) is 63.9 cm³/mol. The topological polar surface area (TPSA) is 32.3 Å². The monoisotopic (exact) mass is 228 g/mol. The van der Waals surface area contributed by atoms with Gasteiger partial charge in [-0.1, -0.05) is 6.92 Å². The van der Waals surface area contributed by atoms with Crippen LogP contribution in [0.4, 0.5) is 0 Å². The SMILES string of the molecule is CCC1NC(C)N(C2CCCSC2)C1=O. The number of carbonyl (C=O) groups excluding carboxylic acids is 1. The molecule has 0 radical (unpaired) electrons. The summed E-state index contributed by atoms with van der Waals surface area (Å²) in [6, 6.07) is 0.530. The van der Waals surface area contributed by atoms with Gasteiger partial charge in [0.15, 0.2) is 0 Å². The summed E-state index contributed by atoms with van der Waals surface area (Å²) >= 11 is 1.98. The number of hydrogen-bond acceptors (Lipinski definition) is 3. The number of rotatable bonds is 2. The van der Waals surface area contributed by atoms with Gasteiger partial charge >= 0.3 is 0 Å². The molecule has 0 spiro atoms. The molecule has 15 heavy (non-hydrogen) atoms. The average Bonchev–Trinajstić information content (AvgIpc) is 2.55. The first-order valence-corrected chi connectivity index (χ1v) is 7.05. The molecule has 0 aliphatic carbocycles. The quantitative estimate of drug-likeness (QED) is 0.776. The van der Waals surface area contributed by atoms with E-state index in [1.165, 1.54) is 18.6 Å². The van der Waals surface area contributed by atoms with Crippen molar-refractivity contribution < 1.29 is 4.79 Å². The zero-order valence-corrected chi connectivity index (χ0v) is 10.3. The summed E-state index contributed by atoms with van der Waals surface area (Å²) < 4.78 is 0. The predicted octanol–water partition coefficient (Wildman–Crippen LogP) is 1.44. The molecular weight excluding hydrogens is 208 g/mol. The normalized spacial score (nSPS) is 37.3. The van der Waals surface area contributed by atoms with Gasteiger partial charge in [-0.3, -0.25) is 10.1 Å². The van der Waals surface area contributed by atoms with E-state index in [0.717, 1.165) is 12.2 Å². The lowest BCUT2D eigenvalue weighted by Crippen LogP contribution is -2.45. The molecule has 0 aromatic rings. The van der Waals surface area contributed by atoms with Gasteiger partial charge in [-0.25, -0.2) is 0 Å². The summed E-state index contributed by atoms with van der Waals surface area (Å²) in [5.74, 6) is 2.70. The van der Waals surface area contributed by atoms with Crippen LogP contribution in [0.1, 0.15) is 33.1 Å². The highest BCUT2D eigenvalue weighted by molar-refractivity contribution is 7.99. The van der Waals surface area contributed by atoms with Gasteiger partial charge in [-0.2, -0.15) is 11.8 Å². The van der Waals surface area contributed by atoms with Gasteiger partial charge in [0.1, 0.15) is 0 Å². The maximum Gasteiger partial charge on any atom is 0.241 e. The lowest BCUT2D eigenvalue weighted by Gasteiger charge is -2.33. The third-order valence-electron chi connectivity index (χ3n) is 3.35. The van der Waals surface area contributed by atoms with Crippen LogP contribution in [0.3, 0.4) is 0 Å². The van der Waals surface area contributed by atoms with Gasteiger partial charge in [-0.05, 0) is 31.9 Å². The molecule has 3 atom stereocenters. The maximum absolute atomic E-state index is 12.1. The van der Waals surface area contributed by atoms with E-state index in [4.69, 9.17) is 0 Å². The molecule has 2 fully saturated rings. The van der Waals surface area contributed by atoms with Crippen LogP contribution in [0.5, 0.6) is 0 Å². The highest BCUT2D eigenvalue weighted by Gasteiger charge is 2.39. The van der Waals surface area contributed by atoms with E-state index < -0.39 is 0 Å². The fourth-order valence-electron chi connectivity index (χ4n) is 2.55. The van der Waals surface area contributed by atoms with E-state index in [-0.39, 0.29) is 12.2 Å². The Morgan fingerprint density at radius 1 is 1.60 bits per heavy atom. The first kappa shape index (κ1) is 11.3. The van der Waals surface area contributed by atoms with Crippen molar-refractivity contribution in [2.75, 3.05) is 11.5 Å². The minimum atomic E-state index is 0.0620. The van der Waals surface area contributed by atoms with E-state index in [0.29, 0.717) is 11.9 Å². The molecule has 1 N–H and O–H groups in total. The van der Waals surface area contributed by atoms with Crippen molar-refractivity contribution in [2.45, 2.75) is 51.4 Å². The zero-order valence-electron chi connectivity index (χ0n) is 9.53. The van der Waals surface area contributed by atoms with Crippen LogP contribution < -0.4 is 5.32 Å². The van der Waals surface area contributed by atoms with Crippen LogP contribution in [0.2, 0.25) is 0 Å². The van der Waals surface area contributed by atoms with Crippen LogP contribution in [-0.2, 0) is 4.79 Å². The second-order valence-corrected chi connectivity index (χ2v) is 5.57. The molecule has 4 heteroatoms. The van der Waals surface area contributed by atoms with Crippen LogP contribution in [0, 0.1) is 0 Å². The lowest BCUT2D eigenvalue weighted by molar-refractivity contribution is -0.131. The molecule has 2 saturated heterocycles. The molecule has 0 saturated carbocycles. The number of carbonyl (C=O) groups is 1. The number of hydrogen-bond donors (Lipinski definition) is 1. The minimum Gasteiger partial charge on any atom is -0.322 e. The molecule has 2 aliphatic heterocycles. The number of nitrogens with one attached hydrogen (secondary N) is 1. The number of thioether (sulfide) groups is 1. The Morgan fingerprint density at radius 2 is 2.40 bits per heavy atom. The van der Waals surface area contributed by atoms with E-state index in [1.54, 1.807) is 0 Å². The van der Waals surface area contributed by atoms with E-state index in [1.807, 2.05) is 11.8 Å². The van der Waals surface area contributed by atoms with Gasteiger partial charge in [0.2, 0.25) is 5.91 Å². The van der Waals surface area contributed by atoms with Crippen LogP contribution in [0.25, 0.3) is 0 Å². The first-order valence-electron chi connectivity index (χ1n) is 5.90. The Morgan fingerprint density at radius 3 is 2.93 bits per heavy atom. The first-order chi connectivity index (χ1) is 7.24. The third kappa shape index (κ3) is 2.16. The molecule has 2 aliphatic rings. The van der Waals surface area contributed by atoms with Crippen LogP contribution in [-0.4, -0.2) is 40.6 Å². The van der Waals surface area contributed by atoms with E-state index in [9.17, 15) is 4.79 Å². The summed E-state index contributed by atoms with van der Waals surface area (Å²) in [4.78, 5) is 14.2. The van der Waals surface area contributed by atoms with Gasteiger partial charge in [0.25, 0.3) is 0 Å². The molecule has 0 bridgehead atoms. The molecule has 2 rings (SSSR count). The van der Waals surface area contributed by atoms with Crippen LogP contribution in [0.15, 0.2) is 0 Å². The van der Waals surface area contributed by atoms with Crippen molar-refractivity contribution >= 4 is 17.7 Å². The number of amides is 1. The standard InChI is InChI=1S/C11H20N2OS/c1-3-10-11(14)13(8(2)12-10)9-5-4-6-15-7-9/h8-10,12H,3-7H2,1-2H3. The smallest absolute Gasteiger partial charge is 0.241 e. The highest BCUT2D eigenvalue weighted by Crippen LogP contribution is 2.26. The van der Waals surface area contributed by atoms with Gasteiger partial charge < -0.3 is 4.90 Å².